The number of anilines is 1. The number of nitro groups is 1. The molecule has 8 heteroatoms. The summed E-state index contributed by atoms with van der Waals surface area (Å²) in [6.07, 6.45) is 0. The number of phenolic OH excluding ortho intramolecular Hbond substituents is 1. The first-order valence-corrected chi connectivity index (χ1v) is 6.95. The summed E-state index contributed by atoms with van der Waals surface area (Å²) in [4.78, 5) is 22.6. The van der Waals surface area contributed by atoms with Gasteiger partial charge in [-0.1, -0.05) is 26.8 Å². The number of H-pyrrole nitrogens is 1. The predicted molar refractivity (Wildman–Crippen MR) is 84.7 cm³/mol. The van der Waals surface area contributed by atoms with Crippen LogP contribution in [0.4, 0.5) is 11.4 Å². The summed E-state index contributed by atoms with van der Waals surface area (Å²) in [5.41, 5.74) is 0.382. The summed E-state index contributed by atoms with van der Waals surface area (Å²) in [5.74, 6) is -0.885. The minimum absolute atomic E-state index is 0.124. The summed E-state index contributed by atoms with van der Waals surface area (Å²) >= 11 is 0. The maximum atomic E-state index is 12.3. The number of nitrogens with zero attached hydrogens (tertiary/aromatic N) is 2. The number of benzene rings is 1. The molecule has 1 amide bonds. The van der Waals surface area contributed by atoms with Gasteiger partial charge < -0.3 is 10.4 Å². The molecule has 0 aliphatic rings. The lowest BCUT2D eigenvalue weighted by atomic mass is 9.87. The fraction of sp³-hybridized carbons (Fsp3) is 0.333. The van der Waals surface area contributed by atoms with Gasteiger partial charge in [0, 0.05) is 0 Å². The van der Waals surface area contributed by atoms with Crippen LogP contribution in [0.3, 0.4) is 0 Å². The molecule has 1 aromatic heterocycles. The second kappa shape index (κ2) is 5.71. The minimum Gasteiger partial charge on any atom is -0.506 e. The third-order valence-electron chi connectivity index (χ3n) is 3.42. The molecule has 2 aromatic rings. The maximum absolute atomic E-state index is 12.3. The molecule has 0 fully saturated rings. The Morgan fingerprint density at radius 3 is 2.61 bits per heavy atom. The van der Waals surface area contributed by atoms with E-state index in [1.165, 1.54) is 13.0 Å². The molecule has 23 heavy (non-hydrogen) atoms. The van der Waals surface area contributed by atoms with Crippen molar-refractivity contribution in [3.63, 3.8) is 0 Å². The van der Waals surface area contributed by atoms with Gasteiger partial charge in [0.05, 0.1) is 10.6 Å². The Kier molecular flexibility index (Phi) is 4.09. The summed E-state index contributed by atoms with van der Waals surface area (Å²) in [6, 6.07) is 4.87. The van der Waals surface area contributed by atoms with Gasteiger partial charge >= 0.3 is 5.69 Å². The third kappa shape index (κ3) is 3.31. The SMILES string of the molecule is Cc1[nH]nc(C(=O)Nc2cc(C(C)(C)C)ccc2O)c1[N+](=O)[O-]. The molecule has 122 valence electrons. The van der Waals surface area contributed by atoms with Gasteiger partial charge in [0.2, 0.25) is 5.69 Å². The number of amides is 1. The van der Waals surface area contributed by atoms with Crippen LogP contribution in [0, 0.1) is 17.0 Å². The fourth-order valence-electron chi connectivity index (χ4n) is 2.09. The molecule has 0 atom stereocenters. The number of carbonyl (C=O) groups is 1. The lowest BCUT2D eigenvalue weighted by Gasteiger charge is -2.20. The van der Waals surface area contributed by atoms with E-state index < -0.39 is 10.8 Å². The molecule has 1 aromatic carbocycles. The number of aromatic amines is 1. The monoisotopic (exact) mass is 318 g/mol. The van der Waals surface area contributed by atoms with E-state index in [4.69, 9.17) is 0 Å². The van der Waals surface area contributed by atoms with Crippen LogP contribution >= 0.6 is 0 Å². The first kappa shape index (κ1) is 16.5. The van der Waals surface area contributed by atoms with Crippen molar-refractivity contribution < 1.29 is 14.8 Å². The van der Waals surface area contributed by atoms with E-state index in [9.17, 15) is 20.0 Å². The molecule has 0 bridgehead atoms. The Labute approximate surface area is 132 Å². The molecule has 0 radical (unpaired) electrons. The highest BCUT2D eigenvalue weighted by Crippen LogP contribution is 2.31. The van der Waals surface area contributed by atoms with Gasteiger partial charge in [-0.2, -0.15) is 5.10 Å². The Balaban J connectivity index is 2.36. The van der Waals surface area contributed by atoms with Gasteiger partial charge in [-0.25, -0.2) is 0 Å². The Hall–Kier alpha value is -2.90. The number of aromatic nitrogens is 2. The number of aromatic hydroxyl groups is 1. The Morgan fingerprint density at radius 2 is 2.04 bits per heavy atom. The maximum Gasteiger partial charge on any atom is 0.322 e. The van der Waals surface area contributed by atoms with Crippen molar-refractivity contribution in [2.75, 3.05) is 5.32 Å². The van der Waals surface area contributed by atoms with E-state index in [0.29, 0.717) is 0 Å². The van der Waals surface area contributed by atoms with Gasteiger partial charge in [-0.3, -0.25) is 20.0 Å². The van der Waals surface area contributed by atoms with Crippen molar-refractivity contribution in [2.45, 2.75) is 33.1 Å². The fourth-order valence-corrected chi connectivity index (χ4v) is 2.09. The van der Waals surface area contributed by atoms with Crippen molar-refractivity contribution in [3.8, 4) is 5.75 Å². The van der Waals surface area contributed by atoms with Crippen LogP contribution in [-0.2, 0) is 5.41 Å². The molecule has 0 saturated heterocycles. The number of hydrogen-bond donors (Lipinski definition) is 3. The highest BCUT2D eigenvalue weighted by molar-refractivity contribution is 6.06. The second-order valence-corrected chi connectivity index (χ2v) is 6.24. The zero-order valence-corrected chi connectivity index (χ0v) is 13.3. The molecule has 0 saturated carbocycles. The van der Waals surface area contributed by atoms with Gasteiger partial charge in [-0.15, -0.1) is 0 Å². The Morgan fingerprint density at radius 1 is 1.39 bits per heavy atom. The zero-order valence-electron chi connectivity index (χ0n) is 13.3. The normalized spacial score (nSPS) is 11.3. The van der Waals surface area contributed by atoms with E-state index in [2.05, 4.69) is 15.5 Å². The number of nitrogens with one attached hydrogen (secondary N) is 2. The lowest BCUT2D eigenvalue weighted by Crippen LogP contribution is -2.16. The van der Waals surface area contributed by atoms with Crippen LogP contribution in [-0.4, -0.2) is 26.1 Å². The number of rotatable bonds is 3. The molecule has 3 N–H and O–H groups in total. The van der Waals surface area contributed by atoms with E-state index in [-0.39, 0.29) is 33.9 Å². The lowest BCUT2D eigenvalue weighted by molar-refractivity contribution is -0.385. The molecule has 1 heterocycles. The van der Waals surface area contributed by atoms with Gasteiger partial charge in [0.25, 0.3) is 5.91 Å². The predicted octanol–water partition coefficient (Wildman–Crippen LogP) is 2.88. The molecule has 2 rings (SSSR count). The minimum atomic E-state index is -0.762. The smallest absolute Gasteiger partial charge is 0.322 e. The average molecular weight is 318 g/mol. The number of hydrogen-bond acceptors (Lipinski definition) is 5. The molecule has 0 aliphatic carbocycles. The number of phenols is 1. The van der Waals surface area contributed by atoms with Crippen LogP contribution in [0.2, 0.25) is 0 Å². The highest BCUT2D eigenvalue weighted by Gasteiger charge is 2.28. The molecule has 0 spiro atoms. The van der Waals surface area contributed by atoms with Crippen molar-refractivity contribution in [1.82, 2.24) is 10.2 Å². The van der Waals surface area contributed by atoms with Crippen molar-refractivity contribution in [2.24, 2.45) is 0 Å². The van der Waals surface area contributed by atoms with Crippen LogP contribution in [0.25, 0.3) is 0 Å². The van der Waals surface area contributed by atoms with Crippen LogP contribution in [0.1, 0.15) is 42.5 Å². The van der Waals surface area contributed by atoms with E-state index in [1.54, 1.807) is 12.1 Å². The first-order chi connectivity index (χ1) is 10.6. The second-order valence-electron chi connectivity index (χ2n) is 6.24. The molecular weight excluding hydrogens is 300 g/mol. The summed E-state index contributed by atoms with van der Waals surface area (Å²) in [6.45, 7) is 7.44. The molecular formula is C15H18N4O4. The van der Waals surface area contributed by atoms with Gasteiger partial charge in [0.1, 0.15) is 11.4 Å². The standard InChI is InChI=1S/C15H18N4O4/c1-8-13(19(22)23)12(18-17-8)14(21)16-10-7-9(15(2,3)4)5-6-11(10)20/h5-7,20H,1-4H3,(H,16,21)(H,17,18). The van der Waals surface area contributed by atoms with Crippen LogP contribution in [0.5, 0.6) is 5.75 Å². The van der Waals surface area contributed by atoms with Crippen LogP contribution in [0.15, 0.2) is 18.2 Å². The first-order valence-electron chi connectivity index (χ1n) is 6.95. The quantitative estimate of drug-likeness (QED) is 0.456. The molecule has 0 aliphatic heterocycles. The summed E-state index contributed by atoms with van der Waals surface area (Å²) in [7, 11) is 0. The number of carbonyl (C=O) groups excluding carboxylic acids is 1. The zero-order chi connectivity index (χ0) is 17.4. The van der Waals surface area contributed by atoms with Crippen molar-refractivity contribution in [1.29, 1.82) is 0 Å². The average Bonchev–Trinajstić information content (AvgIpc) is 2.82. The third-order valence-corrected chi connectivity index (χ3v) is 3.42. The van der Waals surface area contributed by atoms with E-state index >= 15 is 0 Å². The molecule has 0 unspecified atom stereocenters. The number of aryl methyl sites for hydroxylation is 1. The van der Waals surface area contributed by atoms with E-state index in [0.717, 1.165) is 5.56 Å². The van der Waals surface area contributed by atoms with Gasteiger partial charge in [0.15, 0.2) is 0 Å². The van der Waals surface area contributed by atoms with Gasteiger partial charge in [-0.05, 0) is 30.0 Å². The largest absolute Gasteiger partial charge is 0.506 e. The highest BCUT2D eigenvalue weighted by atomic mass is 16.6. The van der Waals surface area contributed by atoms with Crippen molar-refractivity contribution >= 4 is 17.3 Å². The molecule has 8 nitrogen and oxygen atoms in total. The van der Waals surface area contributed by atoms with Crippen molar-refractivity contribution in [3.05, 3.63) is 45.3 Å². The van der Waals surface area contributed by atoms with Crippen LogP contribution < -0.4 is 5.32 Å². The van der Waals surface area contributed by atoms with E-state index in [1.807, 2.05) is 20.8 Å². The summed E-state index contributed by atoms with van der Waals surface area (Å²) < 4.78 is 0. The topological polar surface area (TPSA) is 121 Å². The summed E-state index contributed by atoms with van der Waals surface area (Å²) in [5, 5.41) is 29.5. The Bertz CT molecular complexity index is 774.